The molecule has 1 fully saturated rings. The first-order chi connectivity index (χ1) is 19.4. The summed E-state index contributed by atoms with van der Waals surface area (Å²) in [5.41, 5.74) is 5.98. The Labute approximate surface area is 257 Å². The third-order valence-corrected chi connectivity index (χ3v) is 9.92. The smallest absolute Gasteiger partial charge is 0.144 e. The normalized spacial score (nSPS) is 17.8. The number of unbranched alkanes of at least 4 members (excludes halogenated alkanes) is 1. The second-order valence-electron chi connectivity index (χ2n) is 14.6. The van der Waals surface area contributed by atoms with Gasteiger partial charge in [-0.25, -0.2) is 9.37 Å². The first-order valence-electron chi connectivity index (χ1n) is 16.2. The quantitative estimate of drug-likeness (QED) is 0.279. The molecule has 1 aromatic heterocycles. The molecule has 1 atom stereocenters. The molecular formula is C38H58FN3. The van der Waals surface area contributed by atoms with Crippen LogP contribution in [0.4, 0.5) is 10.1 Å². The Kier molecular flexibility index (Phi) is 10.1. The number of rotatable bonds is 7. The van der Waals surface area contributed by atoms with Gasteiger partial charge in [0.25, 0.3) is 0 Å². The molecule has 0 aliphatic carbocycles. The number of piperidine rings is 1. The van der Waals surface area contributed by atoms with Crippen LogP contribution in [0.2, 0.25) is 0 Å². The summed E-state index contributed by atoms with van der Waals surface area (Å²) in [5, 5.41) is 0. The topological polar surface area (TPSA) is 21.1 Å². The van der Waals surface area contributed by atoms with E-state index in [-0.39, 0.29) is 11.1 Å². The van der Waals surface area contributed by atoms with Crippen molar-refractivity contribution in [3.05, 3.63) is 65.0 Å². The van der Waals surface area contributed by atoms with Crippen molar-refractivity contribution in [1.82, 2.24) is 9.55 Å². The van der Waals surface area contributed by atoms with Gasteiger partial charge in [-0.3, -0.25) is 4.57 Å². The summed E-state index contributed by atoms with van der Waals surface area (Å²) >= 11 is 0. The van der Waals surface area contributed by atoms with Gasteiger partial charge in [-0.15, -0.1) is 0 Å². The van der Waals surface area contributed by atoms with Crippen LogP contribution in [-0.2, 0) is 5.41 Å². The molecule has 0 saturated carbocycles. The summed E-state index contributed by atoms with van der Waals surface area (Å²) in [7, 11) is 0. The summed E-state index contributed by atoms with van der Waals surface area (Å²) in [5.74, 6) is 0.869. The van der Waals surface area contributed by atoms with E-state index in [0.29, 0.717) is 6.42 Å². The van der Waals surface area contributed by atoms with Gasteiger partial charge in [0.1, 0.15) is 11.5 Å². The zero-order valence-corrected chi connectivity index (χ0v) is 29.0. The maximum absolute atomic E-state index is 16.0. The highest BCUT2D eigenvalue weighted by Crippen LogP contribution is 2.48. The van der Waals surface area contributed by atoms with E-state index in [1.807, 2.05) is 6.20 Å². The van der Waals surface area contributed by atoms with Crippen molar-refractivity contribution in [2.24, 2.45) is 0 Å². The fourth-order valence-electron chi connectivity index (χ4n) is 7.20. The van der Waals surface area contributed by atoms with Crippen LogP contribution < -0.4 is 4.90 Å². The van der Waals surface area contributed by atoms with E-state index in [2.05, 4.69) is 122 Å². The van der Waals surface area contributed by atoms with Crippen molar-refractivity contribution in [3.8, 4) is 17.1 Å². The molecule has 4 heteroatoms. The van der Waals surface area contributed by atoms with Crippen molar-refractivity contribution in [2.75, 3.05) is 4.90 Å². The molecule has 1 aliphatic heterocycles. The average molecular weight is 576 g/mol. The number of aromatic nitrogens is 2. The highest BCUT2D eigenvalue weighted by atomic mass is 19.1. The number of hydrogen-bond donors (Lipinski definition) is 0. The molecule has 42 heavy (non-hydrogen) atoms. The number of alkyl halides is 1. The van der Waals surface area contributed by atoms with Crippen molar-refractivity contribution in [3.63, 3.8) is 0 Å². The lowest BCUT2D eigenvalue weighted by Gasteiger charge is -2.54. The maximum Gasteiger partial charge on any atom is 0.144 e. The Morgan fingerprint density at radius 2 is 1.40 bits per heavy atom. The molecule has 3 nitrogen and oxygen atoms in total. The van der Waals surface area contributed by atoms with Gasteiger partial charge in [0.15, 0.2) is 0 Å². The Morgan fingerprint density at radius 1 is 0.857 bits per heavy atom. The Balaban J connectivity index is 0.00000114. The van der Waals surface area contributed by atoms with Gasteiger partial charge in [-0.05, 0) is 117 Å². The molecule has 0 amide bonds. The third-order valence-electron chi connectivity index (χ3n) is 9.92. The van der Waals surface area contributed by atoms with E-state index >= 15 is 4.39 Å². The molecule has 0 bridgehead atoms. The number of benzene rings is 2. The Morgan fingerprint density at radius 3 is 1.88 bits per heavy atom. The number of halogens is 1. The lowest BCUT2D eigenvalue weighted by Crippen LogP contribution is -2.59. The first-order valence-corrected chi connectivity index (χ1v) is 16.2. The van der Waals surface area contributed by atoms with Crippen molar-refractivity contribution in [2.45, 2.75) is 151 Å². The van der Waals surface area contributed by atoms with Crippen LogP contribution in [0.3, 0.4) is 0 Å². The molecule has 1 saturated heterocycles. The van der Waals surface area contributed by atoms with Gasteiger partial charge in [0.2, 0.25) is 0 Å². The molecule has 1 aliphatic rings. The van der Waals surface area contributed by atoms with Crippen LogP contribution in [0.1, 0.15) is 130 Å². The lowest BCUT2D eigenvalue weighted by atomic mass is 9.68. The third kappa shape index (κ3) is 6.48. The SMILES string of the molecule is CCC(C)(c1ccc(N2C(C)(C)CCCC2(C)C)cc1-c1nccn1-c1c(C)cc(C)cc1C)C(C)(C)F.CCCC. The van der Waals surface area contributed by atoms with Gasteiger partial charge in [0, 0.05) is 40.1 Å². The van der Waals surface area contributed by atoms with E-state index in [4.69, 9.17) is 4.98 Å². The maximum atomic E-state index is 16.0. The number of imidazole rings is 1. The van der Waals surface area contributed by atoms with Crippen molar-refractivity contribution >= 4 is 5.69 Å². The van der Waals surface area contributed by atoms with Gasteiger partial charge in [-0.2, -0.15) is 0 Å². The minimum Gasteiger partial charge on any atom is -0.361 e. The summed E-state index contributed by atoms with van der Waals surface area (Å²) in [6.45, 7) is 27.8. The summed E-state index contributed by atoms with van der Waals surface area (Å²) in [4.78, 5) is 7.53. The predicted molar refractivity (Wildman–Crippen MR) is 181 cm³/mol. The van der Waals surface area contributed by atoms with E-state index in [1.54, 1.807) is 13.8 Å². The minimum absolute atomic E-state index is 0.0213. The molecule has 2 heterocycles. The van der Waals surface area contributed by atoms with E-state index in [9.17, 15) is 0 Å². The predicted octanol–water partition coefficient (Wildman–Crippen LogP) is 11.2. The Bertz CT molecular complexity index is 1320. The van der Waals surface area contributed by atoms with Gasteiger partial charge in [0.05, 0.1) is 5.69 Å². The van der Waals surface area contributed by atoms with Gasteiger partial charge >= 0.3 is 0 Å². The minimum atomic E-state index is -1.41. The fourth-order valence-corrected chi connectivity index (χ4v) is 7.20. The lowest BCUT2D eigenvalue weighted by molar-refractivity contribution is 0.0977. The van der Waals surface area contributed by atoms with E-state index in [1.165, 1.54) is 41.6 Å². The van der Waals surface area contributed by atoms with E-state index < -0.39 is 11.1 Å². The molecular weight excluding hydrogens is 517 g/mol. The highest BCUT2D eigenvalue weighted by molar-refractivity contribution is 5.73. The molecule has 0 radical (unpaired) electrons. The fraction of sp³-hybridized carbons (Fsp3) is 0.605. The standard InChI is InChI=1S/C34H48FN3.C4H10/c1-12-34(11,33(9,10)35)28-15-14-26(38-31(5,6)16-13-17-32(38,7)8)22-27(28)30-36-18-19-37(30)29-24(3)20-23(2)21-25(29)4;1-3-4-2/h14-15,18-22H,12-13,16-17H2,1-11H3;3-4H2,1-2H3. The summed E-state index contributed by atoms with van der Waals surface area (Å²) < 4.78 is 18.2. The summed E-state index contributed by atoms with van der Waals surface area (Å²) in [6, 6.07) is 11.2. The second-order valence-corrected chi connectivity index (χ2v) is 14.6. The molecule has 3 aromatic rings. The molecule has 2 aromatic carbocycles. The van der Waals surface area contributed by atoms with Crippen LogP contribution in [-0.4, -0.2) is 26.3 Å². The molecule has 1 unspecified atom stereocenters. The Hall–Kier alpha value is -2.62. The molecule has 0 N–H and O–H groups in total. The van der Waals surface area contributed by atoms with Gasteiger partial charge < -0.3 is 4.90 Å². The number of aryl methyl sites for hydroxylation is 3. The van der Waals surface area contributed by atoms with Crippen LogP contribution in [0.5, 0.6) is 0 Å². The van der Waals surface area contributed by atoms with Crippen LogP contribution >= 0.6 is 0 Å². The zero-order valence-electron chi connectivity index (χ0n) is 29.0. The molecule has 4 rings (SSSR count). The number of anilines is 1. The average Bonchev–Trinajstić information content (AvgIpc) is 3.35. The second kappa shape index (κ2) is 12.5. The van der Waals surface area contributed by atoms with E-state index in [0.717, 1.165) is 35.5 Å². The van der Waals surface area contributed by atoms with Crippen molar-refractivity contribution < 1.29 is 4.39 Å². The van der Waals surface area contributed by atoms with Gasteiger partial charge in [-0.1, -0.05) is 64.3 Å². The zero-order chi connectivity index (χ0) is 31.7. The number of hydrogen-bond acceptors (Lipinski definition) is 2. The van der Waals surface area contributed by atoms with Crippen LogP contribution in [0.15, 0.2) is 42.7 Å². The first kappa shape index (κ1) is 33.9. The largest absolute Gasteiger partial charge is 0.361 e. The number of nitrogens with zero attached hydrogens (tertiary/aromatic N) is 3. The monoisotopic (exact) mass is 575 g/mol. The van der Waals surface area contributed by atoms with Crippen LogP contribution in [0.25, 0.3) is 17.1 Å². The van der Waals surface area contributed by atoms with Crippen molar-refractivity contribution in [1.29, 1.82) is 0 Å². The molecule has 0 spiro atoms. The molecule has 232 valence electrons. The summed E-state index contributed by atoms with van der Waals surface area (Å²) in [6.07, 6.45) is 10.8. The van der Waals surface area contributed by atoms with Crippen LogP contribution in [0, 0.1) is 20.8 Å². The highest BCUT2D eigenvalue weighted by Gasteiger charge is 2.45.